The van der Waals surface area contributed by atoms with Gasteiger partial charge in [-0.05, 0) is 43.3 Å². The molecule has 0 bridgehead atoms. The van der Waals surface area contributed by atoms with E-state index in [1.807, 2.05) is 31.2 Å². The topological polar surface area (TPSA) is 34.1 Å². The van der Waals surface area contributed by atoms with Crippen LogP contribution in [-0.2, 0) is 0 Å². The van der Waals surface area contributed by atoms with Crippen molar-refractivity contribution in [2.75, 3.05) is 12.4 Å². The Balaban J connectivity index is 2.10. The van der Waals surface area contributed by atoms with Crippen molar-refractivity contribution in [2.24, 2.45) is 0 Å². The summed E-state index contributed by atoms with van der Waals surface area (Å²) in [7, 11) is 1.59. The predicted octanol–water partition coefficient (Wildman–Crippen LogP) is 4.57. The normalized spacial score (nSPS) is 10.7. The van der Waals surface area contributed by atoms with E-state index >= 15 is 0 Å². The minimum atomic E-state index is -0.891. The Hall–Kier alpha value is -2.69. The molecular formula is C17H14F2N2O. The number of nitrogens with one attached hydrogen (secondary N) is 1. The average Bonchev–Trinajstić information content (AvgIpc) is 2.50. The van der Waals surface area contributed by atoms with Crippen molar-refractivity contribution in [3.05, 3.63) is 59.8 Å². The fourth-order valence-corrected chi connectivity index (χ4v) is 2.30. The SMILES string of the molecule is COc1ccc2nc(C)cc(Nc3ccc(F)c(F)c3)c2c1. The molecule has 0 spiro atoms. The van der Waals surface area contributed by atoms with Crippen LogP contribution >= 0.6 is 0 Å². The number of rotatable bonds is 3. The van der Waals surface area contributed by atoms with Crippen LogP contribution in [-0.4, -0.2) is 12.1 Å². The lowest BCUT2D eigenvalue weighted by atomic mass is 10.1. The Morgan fingerprint density at radius 2 is 1.82 bits per heavy atom. The highest BCUT2D eigenvalue weighted by Gasteiger charge is 2.08. The second-order valence-corrected chi connectivity index (χ2v) is 4.95. The molecule has 1 heterocycles. The van der Waals surface area contributed by atoms with Gasteiger partial charge < -0.3 is 10.1 Å². The van der Waals surface area contributed by atoms with Crippen LogP contribution in [0.1, 0.15) is 5.69 Å². The molecule has 22 heavy (non-hydrogen) atoms. The number of aromatic nitrogens is 1. The minimum Gasteiger partial charge on any atom is -0.497 e. The summed E-state index contributed by atoms with van der Waals surface area (Å²) in [4.78, 5) is 4.46. The standard InChI is InChI=1S/C17H14F2N2O/c1-10-7-17(21-11-3-5-14(18)15(19)8-11)13-9-12(22-2)4-6-16(13)20-10/h3-9H,1-2H3,(H,20,21). The molecule has 0 fully saturated rings. The lowest BCUT2D eigenvalue weighted by Gasteiger charge is -2.12. The van der Waals surface area contributed by atoms with Crippen LogP contribution in [0.15, 0.2) is 42.5 Å². The molecule has 0 aliphatic rings. The molecule has 2 aromatic carbocycles. The summed E-state index contributed by atoms with van der Waals surface area (Å²) in [6.45, 7) is 1.88. The third-order valence-corrected chi connectivity index (χ3v) is 3.34. The van der Waals surface area contributed by atoms with Crippen LogP contribution in [0.3, 0.4) is 0 Å². The lowest BCUT2D eigenvalue weighted by Crippen LogP contribution is -1.96. The van der Waals surface area contributed by atoms with E-state index in [2.05, 4.69) is 10.3 Å². The van der Waals surface area contributed by atoms with Gasteiger partial charge in [0.2, 0.25) is 0 Å². The summed E-state index contributed by atoms with van der Waals surface area (Å²) >= 11 is 0. The van der Waals surface area contributed by atoms with Crippen molar-refractivity contribution in [3.8, 4) is 5.75 Å². The molecule has 0 aliphatic heterocycles. The molecule has 3 aromatic rings. The first-order valence-corrected chi connectivity index (χ1v) is 6.74. The third-order valence-electron chi connectivity index (χ3n) is 3.34. The number of pyridine rings is 1. The number of nitrogens with zero attached hydrogens (tertiary/aromatic N) is 1. The van der Waals surface area contributed by atoms with Crippen molar-refractivity contribution in [2.45, 2.75) is 6.92 Å². The van der Waals surface area contributed by atoms with Gasteiger partial charge in [0, 0.05) is 28.5 Å². The van der Waals surface area contributed by atoms with Gasteiger partial charge in [0.15, 0.2) is 11.6 Å². The fraction of sp³-hybridized carbons (Fsp3) is 0.118. The second-order valence-electron chi connectivity index (χ2n) is 4.95. The zero-order valence-electron chi connectivity index (χ0n) is 12.2. The number of ether oxygens (including phenoxy) is 1. The van der Waals surface area contributed by atoms with E-state index in [0.29, 0.717) is 11.4 Å². The van der Waals surface area contributed by atoms with Gasteiger partial charge in [-0.25, -0.2) is 8.78 Å². The van der Waals surface area contributed by atoms with E-state index < -0.39 is 11.6 Å². The van der Waals surface area contributed by atoms with Gasteiger partial charge in [-0.15, -0.1) is 0 Å². The Kier molecular flexibility index (Phi) is 3.63. The van der Waals surface area contributed by atoms with Crippen LogP contribution in [0.25, 0.3) is 10.9 Å². The smallest absolute Gasteiger partial charge is 0.160 e. The summed E-state index contributed by atoms with van der Waals surface area (Å²) in [5, 5.41) is 3.95. The largest absolute Gasteiger partial charge is 0.497 e. The van der Waals surface area contributed by atoms with E-state index in [-0.39, 0.29) is 0 Å². The molecule has 0 saturated carbocycles. The van der Waals surface area contributed by atoms with Gasteiger partial charge in [-0.2, -0.15) is 0 Å². The summed E-state index contributed by atoms with van der Waals surface area (Å²) < 4.78 is 31.6. The van der Waals surface area contributed by atoms with E-state index in [4.69, 9.17) is 4.74 Å². The maximum absolute atomic E-state index is 13.3. The van der Waals surface area contributed by atoms with Crippen LogP contribution in [0.5, 0.6) is 5.75 Å². The Labute approximate surface area is 126 Å². The fourth-order valence-electron chi connectivity index (χ4n) is 2.30. The van der Waals surface area contributed by atoms with Crippen molar-refractivity contribution in [1.82, 2.24) is 4.98 Å². The number of hydrogen-bond acceptors (Lipinski definition) is 3. The number of halogens is 2. The van der Waals surface area contributed by atoms with Crippen LogP contribution < -0.4 is 10.1 Å². The average molecular weight is 300 g/mol. The molecule has 0 radical (unpaired) electrons. The highest BCUT2D eigenvalue weighted by molar-refractivity contribution is 5.94. The van der Waals surface area contributed by atoms with Crippen molar-refractivity contribution in [1.29, 1.82) is 0 Å². The van der Waals surface area contributed by atoms with Crippen molar-refractivity contribution in [3.63, 3.8) is 0 Å². The number of fused-ring (bicyclic) bond motifs is 1. The van der Waals surface area contributed by atoms with Crippen LogP contribution in [0.2, 0.25) is 0 Å². The maximum atomic E-state index is 13.3. The summed E-state index contributed by atoms with van der Waals surface area (Å²) in [5.41, 5.74) is 2.84. The Bertz CT molecular complexity index is 849. The number of aryl methyl sites for hydroxylation is 1. The molecule has 0 saturated heterocycles. The van der Waals surface area contributed by atoms with E-state index in [0.717, 1.165) is 34.4 Å². The molecule has 0 atom stereocenters. The first-order chi connectivity index (χ1) is 10.6. The molecule has 3 rings (SSSR count). The molecule has 0 aliphatic carbocycles. The van der Waals surface area contributed by atoms with Gasteiger partial charge in [0.05, 0.1) is 12.6 Å². The van der Waals surface area contributed by atoms with Crippen molar-refractivity contribution < 1.29 is 13.5 Å². The third kappa shape index (κ3) is 2.70. The molecular weight excluding hydrogens is 286 g/mol. The molecule has 0 unspecified atom stereocenters. The summed E-state index contributed by atoms with van der Waals surface area (Å²) in [6.07, 6.45) is 0. The second kappa shape index (κ2) is 5.60. The number of methoxy groups -OCH3 is 1. The van der Waals surface area contributed by atoms with E-state index in [1.165, 1.54) is 6.07 Å². The van der Waals surface area contributed by atoms with Crippen LogP contribution in [0, 0.1) is 18.6 Å². The molecule has 112 valence electrons. The highest BCUT2D eigenvalue weighted by Crippen LogP contribution is 2.29. The summed E-state index contributed by atoms with van der Waals surface area (Å²) in [6, 6.07) is 11.1. The number of hydrogen-bond donors (Lipinski definition) is 1. The Morgan fingerprint density at radius 3 is 2.55 bits per heavy atom. The molecule has 5 heteroatoms. The lowest BCUT2D eigenvalue weighted by molar-refractivity contribution is 0.415. The molecule has 3 nitrogen and oxygen atoms in total. The van der Waals surface area contributed by atoms with E-state index in [1.54, 1.807) is 7.11 Å². The molecule has 0 amide bonds. The van der Waals surface area contributed by atoms with Crippen LogP contribution in [0.4, 0.5) is 20.2 Å². The quantitative estimate of drug-likeness (QED) is 0.769. The first kappa shape index (κ1) is 14.3. The van der Waals surface area contributed by atoms with Gasteiger partial charge in [-0.3, -0.25) is 4.98 Å². The zero-order valence-corrected chi connectivity index (χ0v) is 12.2. The number of anilines is 2. The highest BCUT2D eigenvalue weighted by atomic mass is 19.2. The first-order valence-electron chi connectivity index (χ1n) is 6.74. The van der Waals surface area contributed by atoms with Gasteiger partial charge >= 0.3 is 0 Å². The van der Waals surface area contributed by atoms with Crippen molar-refractivity contribution >= 4 is 22.3 Å². The van der Waals surface area contributed by atoms with Gasteiger partial charge in [0.25, 0.3) is 0 Å². The zero-order chi connectivity index (χ0) is 15.7. The number of benzene rings is 2. The Morgan fingerprint density at radius 1 is 1.00 bits per heavy atom. The predicted molar refractivity (Wildman–Crippen MR) is 82.7 cm³/mol. The van der Waals surface area contributed by atoms with Gasteiger partial charge in [-0.1, -0.05) is 0 Å². The minimum absolute atomic E-state index is 0.466. The van der Waals surface area contributed by atoms with Gasteiger partial charge in [0.1, 0.15) is 5.75 Å². The van der Waals surface area contributed by atoms with E-state index in [9.17, 15) is 8.78 Å². The molecule has 1 N–H and O–H groups in total. The maximum Gasteiger partial charge on any atom is 0.160 e. The molecule has 1 aromatic heterocycles. The monoisotopic (exact) mass is 300 g/mol. The summed E-state index contributed by atoms with van der Waals surface area (Å²) in [5.74, 6) is -1.06.